The summed E-state index contributed by atoms with van der Waals surface area (Å²) in [6, 6.07) is 17.2. The van der Waals surface area contributed by atoms with Gasteiger partial charge >= 0.3 is 0 Å². The van der Waals surface area contributed by atoms with E-state index in [-0.39, 0.29) is 5.92 Å². The van der Waals surface area contributed by atoms with E-state index in [0.29, 0.717) is 5.91 Å². The Hall–Kier alpha value is -2.33. The molecule has 2 aromatic carbocycles. The van der Waals surface area contributed by atoms with Crippen molar-refractivity contribution in [3.8, 4) is 0 Å². The van der Waals surface area contributed by atoms with E-state index in [1.54, 1.807) is 0 Å². The van der Waals surface area contributed by atoms with E-state index >= 15 is 0 Å². The molecule has 0 N–H and O–H groups in total. The fourth-order valence-corrected chi connectivity index (χ4v) is 4.60. The molecule has 148 valence electrons. The number of para-hydroxylation sites is 2. The molecule has 2 aromatic rings. The molecule has 4 nitrogen and oxygen atoms in total. The Kier molecular flexibility index (Phi) is 5.67. The summed E-state index contributed by atoms with van der Waals surface area (Å²) in [5.74, 6) is 0.212. The van der Waals surface area contributed by atoms with Crippen molar-refractivity contribution in [1.82, 2.24) is 9.80 Å². The fourth-order valence-electron chi connectivity index (χ4n) is 4.60. The summed E-state index contributed by atoms with van der Waals surface area (Å²) in [6.45, 7) is 3.82. The quantitative estimate of drug-likeness (QED) is 0.787. The molecule has 0 bridgehead atoms. The lowest BCUT2D eigenvalue weighted by atomic mass is 9.90. The third-order valence-electron chi connectivity index (χ3n) is 6.01. The zero-order valence-corrected chi connectivity index (χ0v) is 17.1. The van der Waals surface area contributed by atoms with Gasteiger partial charge in [-0.3, -0.25) is 4.79 Å². The number of amides is 1. The van der Waals surface area contributed by atoms with Gasteiger partial charge in [-0.2, -0.15) is 0 Å². The Morgan fingerprint density at radius 1 is 1.00 bits per heavy atom. The molecule has 0 spiro atoms. The fraction of sp³-hybridized carbons (Fsp3) is 0.458. The molecule has 0 radical (unpaired) electrons. The highest BCUT2D eigenvalue weighted by Gasteiger charge is 2.33. The molecule has 0 saturated carbocycles. The van der Waals surface area contributed by atoms with E-state index in [4.69, 9.17) is 0 Å². The van der Waals surface area contributed by atoms with Crippen molar-refractivity contribution in [3.63, 3.8) is 0 Å². The molecule has 2 heterocycles. The first-order valence-electron chi connectivity index (χ1n) is 10.5. The van der Waals surface area contributed by atoms with Crippen LogP contribution >= 0.6 is 0 Å². The van der Waals surface area contributed by atoms with Crippen molar-refractivity contribution >= 4 is 17.3 Å². The highest BCUT2D eigenvalue weighted by molar-refractivity contribution is 5.88. The van der Waals surface area contributed by atoms with Gasteiger partial charge in [-0.15, -0.1) is 0 Å². The second-order valence-electron chi connectivity index (χ2n) is 8.29. The zero-order chi connectivity index (χ0) is 19.5. The topological polar surface area (TPSA) is 26.8 Å². The van der Waals surface area contributed by atoms with Crippen LogP contribution in [0.4, 0.5) is 11.4 Å². The van der Waals surface area contributed by atoms with Crippen molar-refractivity contribution < 1.29 is 4.79 Å². The molecule has 1 atom stereocenters. The summed E-state index contributed by atoms with van der Waals surface area (Å²) < 4.78 is 0. The van der Waals surface area contributed by atoms with Gasteiger partial charge in [0.1, 0.15) is 0 Å². The number of fused-ring (bicyclic) bond motifs is 2. The smallest absolute Gasteiger partial charge is 0.230 e. The molecule has 0 aromatic heterocycles. The van der Waals surface area contributed by atoms with Crippen LogP contribution in [-0.4, -0.2) is 56.0 Å². The van der Waals surface area contributed by atoms with Crippen LogP contribution in [0.1, 0.15) is 36.3 Å². The summed E-state index contributed by atoms with van der Waals surface area (Å²) >= 11 is 0. The molecule has 28 heavy (non-hydrogen) atoms. The molecule has 2 aliphatic heterocycles. The van der Waals surface area contributed by atoms with Gasteiger partial charge in [0.05, 0.1) is 5.92 Å². The lowest BCUT2D eigenvalue weighted by Gasteiger charge is -2.28. The monoisotopic (exact) mass is 377 g/mol. The van der Waals surface area contributed by atoms with Gasteiger partial charge in [-0.05, 0) is 69.6 Å². The highest BCUT2D eigenvalue weighted by atomic mass is 16.2. The summed E-state index contributed by atoms with van der Waals surface area (Å²) in [4.78, 5) is 20.2. The third-order valence-corrected chi connectivity index (χ3v) is 6.01. The van der Waals surface area contributed by atoms with Crippen LogP contribution in [0, 0.1) is 0 Å². The summed E-state index contributed by atoms with van der Waals surface area (Å²) in [5.41, 5.74) is 4.91. The van der Waals surface area contributed by atoms with Gasteiger partial charge in [0.25, 0.3) is 0 Å². The van der Waals surface area contributed by atoms with Crippen molar-refractivity contribution in [1.29, 1.82) is 0 Å². The lowest BCUT2D eigenvalue weighted by molar-refractivity contribution is -0.131. The molecule has 4 rings (SSSR count). The van der Waals surface area contributed by atoms with E-state index < -0.39 is 0 Å². The highest BCUT2D eigenvalue weighted by Crippen LogP contribution is 2.41. The Balaban J connectivity index is 1.74. The number of benzene rings is 2. The maximum absolute atomic E-state index is 13.4. The van der Waals surface area contributed by atoms with Gasteiger partial charge < -0.3 is 14.7 Å². The Bertz CT molecular complexity index is 826. The number of anilines is 2. The van der Waals surface area contributed by atoms with Crippen molar-refractivity contribution in [2.75, 3.05) is 45.2 Å². The first kappa shape index (κ1) is 19.0. The van der Waals surface area contributed by atoms with Gasteiger partial charge in [-0.1, -0.05) is 36.4 Å². The number of likely N-dealkylation sites (tertiary alicyclic amines) is 1. The Morgan fingerprint density at radius 2 is 1.68 bits per heavy atom. The normalized spacial score (nSPS) is 18.8. The minimum absolute atomic E-state index is 0.0886. The SMILES string of the molecule is CN(C)CCCN1c2ccccc2C[C@H](C(=O)N2CCCC2)c2ccccc21. The Morgan fingerprint density at radius 3 is 2.43 bits per heavy atom. The van der Waals surface area contributed by atoms with Gasteiger partial charge in [0.2, 0.25) is 5.91 Å². The van der Waals surface area contributed by atoms with E-state index in [9.17, 15) is 4.79 Å². The number of hydrogen-bond acceptors (Lipinski definition) is 3. The van der Waals surface area contributed by atoms with Crippen LogP contribution in [-0.2, 0) is 11.2 Å². The number of nitrogens with zero attached hydrogens (tertiary/aromatic N) is 3. The largest absolute Gasteiger partial charge is 0.342 e. The number of carbonyl (C=O) groups excluding carboxylic acids is 1. The van der Waals surface area contributed by atoms with Gasteiger partial charge in [-0.25, -0.2) is 0 Å². The minimum atomic E-state index is -0.0886. The molecule has 4 heteroatoms. The van der Waals surface area contributed by atoms with Crippen LogP contribution < -0.4 is 4.90 Å². The average Bonchev–Trinajstić information content (AvgIpc) is 3.20. The van der Waals surface area contributed by atoms with Crippen molar-refractivity contribution in [3.05, 3.63) is 59.7 Å². The zero-order valence-electron chi connectivity index (χ0n) is 17.1. The minimum Gasteiger partial charge on any atom is -0.342 e. The first-order valence-corrected chi connectivity index (χ1v) is 10.5. The van der Waals surface area contributed by atoms with Crippen LogP contribution in [0.15, 0.2) is 48.5 Å². The van der Waals surface area contributed by atoms with Crippen molar-refractivity contribution in [2.45, 2.75) is 31.6 Å². The number of rotatable bonds is 5. The van der Waals surface area contributed by atoms with Gasteiger partial charge in [0, 0.05) is 31.0 Å². The van der Waals surface area contributed by atoms with Crippen LogP contribution in [0.5, 0.6) is 0 Å². The van der Waals surface area contributed by atoms with E-state index in [1.165, 1.54) is 22.5 Å². The molecule has 1 amide bonds. The van der Waals surface area contributed by atoms with Crippen LogP contribution in [0.3, 0.4) is 0 Å². The molecule has 1 fully saturated rings. The number of carbonyl (C=O) groups is 1. The van der Waals surface area contributed by atoms with Crippen LogP contribution in [0.25, 0.3) is 0 Å². The molecule has 0 unspecified atom stereocenters. The van der Waals surface area contributed by atoms with Crippen molar-refractivity contribution in [2.24, 2.45) is 0 Å². The van der Waals surface area contributed by atoms with Crippen LogP contribution in [0.2, 0.25) is 0 Å². The predicted molar refractivity (Wildman–Crippen MR) is 115 cm³/mol. The molecule has 0 aliphatic carbocycles. The number of hydrogen-bond donors (Lipinski definition) is 0. The first-order chi connectivity index (χ1) is 13.6. The lowest BCUT2D eigenvalue weighted by Crippen LogP contribution is -2.33. The summed E-state index contributed by atoms with van der Waals surface area (Å²) in [6.07, 6.45) is 4.13. The maximum Gasteiger partial charge on any atom is 0.230 e. The second-order valence-corrected chi connectivity index (χ2v) is 8.29. The molecule has 1 saturated heterocycles. The maximum atomic E-state index is 13.4. The summed E-state index contributed by atoms with van der Waals surface area (Å²) in [5, 5.41) is 0. The standard InChI is InChI=1S/C24H31N3O/c1-25(2)14-9-17-27-22-12-5-3-10-19(22)18-21(20-11-4-6-13-23(20)27)24(28)26-15-7-8-16-26/h3-6,10-13,21H,7-9,14-18H2,1-2H3/t21-/m0/s1. The van der Waals surface area contributed by atoms with Gasteiger partial charge in [0.15, 0.2) is 0 Å². The molecular weight excluding hydrogens is 346 g/mol. The van der Waals surface area contributed by atoms with E-state index in [1.807, 2.05) is 0 Å². The Labute approximate surface area is 168 Å². The molecular formula is C24H31N3O. The third kappa shape index (κ3) is 3.79. The van der Waals surface area contributed by atoms with E-state index in [0.717, 1.165) is 51.9 Å². The van der Waals surface area contributed by atoms with E-state index in [2.05, 4.69) is 77.3 Å². The molecule has 2 aliphatic rings. The summed E-state index contributed by atoms with van der Waals surface area (Å²) in [7, 11) is 4.24. The second kappa shape index (κ2) is 8.36. The average molecular weight is 378 g/mol. The predicted octanol–water partition coefficient (Wildman–Crippen LogP) is 4.04.